The molecule has 0 fully saturated rings. The molecule has 0 aromatic heterocycles. The third-order valence-electron chi connectivity index (χ3n) is 3.10. The first kappa shape index (κ1) is 16.8. The van der Waals surface area contributed by atoms with Crippen LogP contribution in [0.2, 0.25) is 5.02 Å². The Morgan fingerprint density at radius 1 is 1.13 bits per heavy atom. The van der Waals surface area contributed by atoms with Gasteiger partial charge in [-0.25, -0.2) is 9.18 Å². The van der Waals surface area contributed by atoms with Crippen molar-refractivity contribution in [2.75, 3.05) is 11.9 Å². The molecule has 0 aliphatic heterocycles. The number of halogens is 2. The molecule has 2 aromatic rings. The van der Waals surface area contributed by atoms with Crippen LogP contribution in [-0.4, -0.2) is 18.5 Å². The van der Waals surface area contributed by atoms with Crippen LogP contribution in [0.3, 0.4) is 0 Å². The summed E-state index contributed by atoms with van der Waals surface area (Å²) in [5.41, 5.74) is 6.05. The van der Waals surface area contributed by atoms with Crippen molar-refractivity contribution >= 4 is 29.2 Å². The van der Waals surface area contributed by atoms with E-state index < -0.39 is 17.8 Å². The summed E-state index contributed by atoms with van der Waals surface area (Å²) in [6.45, 7) is 0.412. The lowest BCUT2D eigenvalue weighted by Crippen LogP contribution is -2.30. The number of rotatable bonds is 5. The monoisotopic (exact) mass is 335 g/mol. The fourth-order valence-electron chi connectivity index (χ4n) is 1.94. The van der Waals surface area contributed by atoms with Gasteiger partial charge >= 0.3 is 6.03 Å². The summed E-state index contributed by atoms with van der Waals surface area (Å²) in [5, 5.41) is 5.79. The molecule has 0 spiro atoms. The van der Waals surface area contributed by atoms with Gasteiger partial charge in [-0.3, -0.25) is 4.79 Å². The number of primary amides is 1. The highest BCUT2D eigenvalue weighted by atomic mass is 35.5. The average Bonchev–Trinajstić information content (AvgIpc) is 2.49. The van der Waals surface area contributed by atoms with Gasteiger partial charge in [0.15, 0.2) is 0 Å². The summed E-state index contributed by atoms with van der Waals surface area (Å²) in [5.74, 6) is -1.64. The second-order valence-electron chi connectivity index (χ2n) is 4.82. The molecule has 0 radical (unpaired) electrons. The van der Waals surface area contributed by atoms with Crippen LogP contribution in [0.4, 0.5) is 14.9 Å². The van der Waals surface area contributed by atoms with E-state index in [1.54, 1.807) is 12.1 Å². The molecule has 5 nitrogen and oxygen atoms in total. The molecule has 0 saturated heterocycles. The lowest BCUT2D eigenvalue weighted by atomic mass is 10.1. The van der Waals surface area contributed by atoms with Crippen molar-refractivity contribution in [2.24, 2.45) is 5.73 Å². The van der Waals surface area contributed by atoms with E-state index in [9.17, 15) is 14.0 Å². The Hall–Kier alpha value is -2.60. The van der Waals surface area contributed by atoms with Crippen LogP contribution >= 0.6 is 11.6 Å². The number of anilines is 1. The van der Waals surface area contributed by atoms with E-state index in [-0.39, 0.29) is 11.3 Å². The zero-order chi connectivity index (χ0) is 16.8. The number of nitrogens with one attached hydrogen (secondary N) is 2. The predicted octanol–water partition coefficient (Wildman–Crippen LogP) is 2.94. The van der Waals surface area contributed by atoms with Gasteiger partial charge < -0.3 is 16.4 Å². The number of carbonyl (C=O) groups excluding carboxylic acids is 2. The Bertz CT molecular complexity index is 720. The summed E-state index contributed by atoms with van der Waals surface area (Å²) in [7, 11) is 0. The molecule has 0 saturated carbocycles. The number of benzene rings is 2. The maximum absolute atomic E-state index is 13.6. The molecule has 0 aliphatic rings. The summed E-state index contributed by atoms with van der Waals surface area (Å²) in [6.07, 6.45) is 0.638. The zero-order valence-electron chi connectivity index (χ0n) is 12.1. The molecule has 0 atom stereocenters. The minimum absolute atomic E-state index is 0.223. The highest BCUT2D eigenvalue weighted by Crippen LogP contribution is 2.14. The van der Waals surface area contributed by atoms with Crippen LogP contribution in [0.5, 0.6) is 0 Å². The van der Waals surface area contributed by atoms with Gasteiger partial charge in [-0.05, 0) is 42.3 Å². The van der Waals surface area contributed by atoms with Crippen LogP contribution in [0.15, 0.2) is 42.5 Å². The van der Waals surface area contributed by atoms with Crippen LogP contribution in [0.1, 0.15) is 15.9 Å². The summed E-state index contributed by atoms with van der Waals surface area (Å²) in [4.78, 5) is 22.7. The zero-order valence-corrected chi connectivity index (χ0v) is 12.9. The molecule has 0 bridgehead atoms. The van der Waals surface area contributed by atoms with Gasteiger partial charge in [0.05, 0.1) is 5.56 Å². The molecule has 4 N–H and O–H groups in total. The fourth-order valence-corrected chi connectivity index (χ4v) is 2.07. The molecule has 0 heterocycles. The van der Waals surface area contributed by atoms with Crippen molar-refractivity contribution < 1.29 is 14.0 Å². The second kappa shape index (κ2) is 7.60. The Labute approximate surface area is 137 Å². The van der Waals surface area contributed by atoms with Gasteiger partial charge in [0, 0.05) is 17.3 Å². The molecular formula is C16H15ClFN3O2. The van der Waals surface area contributed by atoms with Gasteiger partial charge in [0.25, 0.3) is 5.91 Å². The van der Waals surface area contributed by atoms with Crippen LogP contribution in [-0.2, 0) is 6.42 Å². The van der Waals surface area contributed by atoms with Gasteiger partial charge in [-0.2, -0.15) is 0 Å². The van der Waals surface area contributed by atoms with Crippen molar-refractivity contribution in [3.63, 3.8) is 0 Å². The predicted molar refractivity (Wildman–Crippen MR) is 87.1 cm³/mol. The third-order valence-corrected chi connectivity index (χ3v) is 3.36. The molecule has 2 aromatic carbocycles. The molecular weight excluding hydrogens is 321 g/mol. The Morgan fingerprint density at radius 2 is 1.83 bits per heavy atom. The second-order valence-corrected chi connectivity index (χ2v) is 5.25. The SMILES string of the molecule is NC(=O)c1ccc(NC(=O)NCCc2ccc(Cl)cc2)cc1F. The van der Waals surface area contributed by atoms with Crippen molar-refractivity contribution in [1.82, 2.24) is 5.32 Å². The first-order valence-electron chi connectivity index (χ1n) is 6.84. The maximum Gasteiger partial charge on any atom is 0.319 e. The van der Waals surface area contributed by atoms with Gasteiger partial charge in [0.2, 0.25) is 0 Å². The smallest absolute Gasteiger partial charge is 0.319 e. The Kier molecular flexibility index (Phi) is 5.54. The van der Waals surface area contributed by atoms with Crippen LogP contribution in [0, 0.1) is 5.82 Å². The summed E-state index contributed by atoms with van der Waals surface area (Å²) in [6, 6.07) is 10.5. The minimum atomic E-state index is -0.860. The number of amides is 3. The number of nitrogens with two attached hydrogens (primary N) is 1. The highest BCUT2D eigenvalue weighted by Gasteiger charge is 2.09. The van der Waals surface area contributed by atoms with Crippen LogP contribution < -0.4 is 16.4 Å². The van der Waals surface area contributed by atoms with E-state index in [0.29, 0.717) is 18.0 Å². The highest BCUT2D eigenvalue weighted by molar-refractivity contribution is 6.30. The first-order chi connectivity index (χ1) is 11.0. The van der Waals surface area contributed by atoms with E-state index >= 15 is 0 Å². The summed E-state index contributed by atoms with van der Waals surface area (Å²) >= 11 is 5.79. The number of hydrogen-bond donors (Lipinski definition) is 3. The molecule has 7 heteroatoms. The Morgan fingerprint density at radius 3 is 2.43 bits per heavy atom. The topological polar surface area (TPSA) is 84.2 Å². The molecule has 120 valence electrons. The third kappa shape index (κ3) is 4.96. The van der Waals surface area contributed by atoms with E-state index in [0.717, 1.165) is 11.6 Å². The lowest BCUT2D eigenvalue weighted by Gasteiger charge is -2.08. The first-order valence-corrected chi connectivity index (χ1v) is 7.22. The molecule has 3 amide bonds. The standard InChI is InChI=1S/C16H15ClFN3O2/c17-11-3-1-10(2-4-11)7-8-20-16(23)21-12-5-6-13(15(19)22)14(18)9-12/h1-6,9H,7-8H2,(H2,19,22)(H2,20,21,23). The normalized spacial score (nSPS) is 10.2. The van der Waals surface area contributed by atoms with Crippen LogP contribution in [0.25, 0.3) is 0 Å². The van der Waals surface area contributed by atoms with Crippen molar-refractivity contribution in [2.45, 2.75) is 6.42 Å². The lowest BCUT2D eigenvalue weighted by molar-refractivity contribution is 0.0996. The van der Waals surface area contributed by atoms with E-state index in [4.69, 9.17) is 17.3 Å². The minimum Gasteiger partial charge on any atom is -0.366 e. The number of urea groups is 1. The number of carbonyl (C=O) groups is 2. The van der Waals surface area contributed by atoms with Crippen molar-refractivity contribution in [1.29, 1.82) is 0 Å². The van der Waals surface area contributed by atoms with Gasteiger partial charge in [-0.15, -0.1) is 0 Å². The van der Waals surface area contributed by atoms with Gasteiger partial charge in [0.1, 0.15) is 5.82 Å². The largest absolute Gasteiger partial charge is 0.366 e. The van der Waals surface area contributed by atoms with E-state index in [1.807, 2.05) is 12.1 Å². The average molecular weight is 336 g/mol. The Balaban J connectivity index is 1.84. The number of hydrogen-bond acceptors (Lipinski definition) is 2. The van der Waals surface area contributed by atoms with Gasteiger partial charge in [-0.1, -0.05) is 23.7 Å². The molecule has 0 aliphatic carbocycles. The van der Waals surface area contributed by atoms with E-state index in [2.05, 4.69) is 10.6 Å². The van der Waals surface area contributed by atoms with Crippen molar-refractivity contribution in [3.05, 3.63) is 64.4 Å². The quantitative estimate of drug-likeness (QED) is 0.785. The molecule has 2 rings (SSSR count). The molecule has 0 unspecified atom stereocenters. The molecule has 23 heavy (non-hydrogen) atoms. The summed E-state index contributed by atoms with van der Waals surface area (Å²) < 4.78 is 13.6. The maximum atomic E-state index is 13.6. The van der Waals surface area contributed by atoms with Crippen molar-refractivity contribution in [3.8, 4) is 0 Å². The fraction of sp³-hybridized carbons (Fsp3) is 0.125. The van der Waals surface area contributed by atoms with E-state index in [1.165, 1.54) is 12.1 Å².